The average Bonchev–Trinajstić information content (AvgIpc) is 3.14. The monoisotopic (exact) mass is 344 g/mol. The number of likely N-dealkylation sites (N-methyl/N-ethyl adjacent to an activating group) is 1. The second-order valence-corrected chi connectivity index (χ2v) is 5.96. The molecule has 0 bridgehead atoms. The molecule has 0 saturated heterocycles. The third kappa shape index (κ3) is 5.83. The van der Waals surface area contributed by atoms with Gasteiger partial charge < -0.3 is 24.7 Å². The van der Waals surface area contributed by atoms with Gasteiger partial charge in [-0.25, -0.2) is 0 Å². The molecule has 2 aromatic rings. The first kappa shape index (κ1) is 18.9. The van der Waals surface area contributed by atoms with Gasteiger partial charge in [0.05, 0.1) is 19.4 Å². The summed E-state index contributed by atoms with van der Waals surface area (Å²) in [5, 5.41) is 6.71. The molecule has 6 heteroatoms. The molecule has 0 fully saturated rings. The Balaban J connectivity index is 1.87. The van der Waals surface area contributed by atoms with Crippen molar-refractivity contribution in [3.63, 3.8) is 0 Å². The number of nitrogens with zero attached hydrogens (tertiary/aromatic N) is 2. The van der Waals surface area contributed by atoms with Crippen LogP contribution < -0.4 is 15.4 Å². The second-order valence-electron chi connectivity index (χ2n) is 5.96. The van der Waals surface area contributed by atoms with Crippen molar-refractivity contribution in [1.82, 2.24) is 15.5 Å². The van der Waals surface area contributed by atoms with Crippen LogP contribution in [0.1, 0.15) is 17.4 Å². The zero-order valence-electron chi connectivity index (χ0n) is 15.5. The first-order chi connectivity index (χ1) is 12.1. The van der Waals surface area contributed by atoms with Gasteiger partial charge in [-0.3, -0.25) is 4.99 Å². The van der Waals surface area contributed by atoms with Gasteiger partial charge >= 0.3 is 0 Å². The third-order valence-electron chi connectivity index (χ3n) is 4.05. The van der Waals surface area contributed by atoms with Gasteiger partial charge in [0.25, 0.3) is 0 Å². The van der Waals surface area contributed by atoms with E-state index in [9.17, 15) is 0 Å². The summed E-state index contributed by atoms with van der Waals surface area (Å²) in [5.41, 5.74) is 1.23. The molecular formula is C19H28N4O2. The largest absolute Gasteiger partial charge is 0.497 e. The number of benzene rings is 1. The highest BCUT2D eigenvalue weighted by atomic mass is 16.5. The highest BCUT2D eigenvalue weighted by molar-refractivity contribution is 5.79. The smallest absolute Gasteiger partial charge is 0.191 e. The number of guanidine groups is 1. The highest BCUT2D eigenvalue weighted by Gasteiger charge is 2.14. The summed E-state index contributed by atoms with van der Waals surface area (Å²) in [5.74, 6) is 2.61. The Morgan fingerprint density at radius 1 is 1.20 bits per heavy atom. The molecule has 0 aliphatic carbocycles. The van der Waals surface area contributed by atoms with Gasteiger partial charge in [0.15, 0.2) is 5.96 Å². The van der Waals surface area contributed by atoms with E-state index in [0.29, 0.717) is 0 Å². The Morgan fingerprint density at radius 3 is 2.52 bits per heavy atom. The van der Waals surface area contributed by atoms with Crippen molar-refractivity contribution in [3.8, 4) is 5.75 Å². The summed E-state index contributed by atoms with van der Waals surface area (Å²) >= 11 is 0. The van der Waals surface area contributed by atoms with Crippen LogP contribution in [0.3, 0.4) is 0 Å². The van der Waals surface area contributed by atoms with Gasteiger partial charge in [0, 0.05) is 26.6 Å². The Bertz CT molecular complexity index is 636. The summed E-state index contributed by atoms with van der Waals surface area (Å²) < 4.78 is 10.6. The van der Waals surface area contributed by atoms with Gasteiger partial charge in [-0.1, -0.05) is 12.1 Å². The molecule has 2 rings (SSSR count). The van der Waals surface area contributed by atoms with Crippen LogP contribution in [0.25, 0.3) is 0 Å². The summed E-state index contributed by atoms with van der Waals surface area (Å²) in [6.07, 6.45) is 2.52. The predicted octanol–water partition coefficient (Wildman–Crippen LogP) is 2.30. The van der Waals surface area contributed by atoms with Crippen molar-refractivity contribution in [3.05, 3.63) is 54.0 Å². The number of nitrogens with one attached hydrogen (secondary N) is 2. The molecule has 2 N–H and O–H groups in total. The second kappa shape index (κ2) is 9.74. The zero-order valence-corrected chi connectivity index (χ0v) is 15.5. The molecule has 1 aromatic carbocycles. The van der Waals surface area contributed by atoms with Crippen LogP contribution >= 0.6 is 0 Å². The van der Waals surface area contributed by atoms with Crippen LogP contribution in [0, 0.1) is 0 Å². The van der Waals surface area contributed by atoms with Crippen LogP contribution in [-0.4, -0.2) is 52.2 Å². The fourth-order valence-electron chi connectivity index (χ4n) is 2.60. The number of furan rings is 1. The van der Waals surface area contributed by atoms with E-state index in [1.807, 2.05) is 24.3 Å². The molecule has 0 aliphatic rings. The van der Waals surface area contributed by atoms with E-state index in [1.54, 1.807) is 20.4 Å². The topological polar surface area (TPSA) is 62.0 Å². The summed E-state index contributed by atoms with van der Waals surface area (Å²) in [6, 6.07) is 12.3. The fourth-order valence-corrected chi connectivity index (χ4v) is 2.60. The predicted molar refractivity (Wildman–Crippen MR) is 101 cm³/mol. The van der Waals surface area contributed by atoms with Gasteiger partial charge in [-0.15, -0.1) is 0 Å². The number of hydrogen-bond donors (Lipinski definition) is 2. The molecule has 25 heavy (non-hydrogen) atoms. The maximum absolute atomic E-state index is 5.34. The number of hydrogen-bond acceptors (Lipinski definition) is 4. The molecule has 1 aromatic heterocycles. The SMILES string of the molecule is CN=C(NCCc1ccco1)NCC(c1ccc(OC)cc1)N(C)C. The Morgan fingerprint density at radius 2 is 1.96 bits per heavy atom. The van der Waals surface area contributed by atoms with E-state index in [0.717, 1.165) is 37.0 Å². The summed E-state index contributed by atoms with van der Waals surface area (Å²) in [6.45, 7) is 1.52. The van der Waals surface area contributed by atoms with E-state index in [1.165, 1.54) is 5.56 Å². The van der Waals surface area contributed by atoms with Gasteiger partial charge in [-0.2, -0.15) is 0 Å². The molecule has 0 saturated carbocycles. The zero-order chi connectivity index (χ0) is 18.1. The molecule has 0 spiro atoms. The fraction of sp³-hybridized carbons (Fsp3) is 0.421. The normalized spacial score (nSPS) is 12.9. The Labute approximate surface area is 149 Å². The molecular weight excluding hydrogens is 316 g/mol. The first-order valence-corrected chi connectivity index (χ1v) is 8.41. The minimum atomic E-state index is 0.231. The maximum atomic E-state index is 5.34. The van der Waals surface area contributed by atoms with E-state index in [-0.39, 0.29) is 6.04 Å². The lowest BCUT2D eigenvalue weighted by Crippen LogP contribution is -2.42. The highest BCUT2D eigenvalue weighted by Crippen LogP contribution is 2.20. The molecule has 1 atom stereocenters. The summed E-state index contributed by atoms with van der Waals surface area (Å²) in [4.78, 5) is 6.47. The van der Waals surface area contributed by atoms with Crippen molar-refractivity contribution in [2.45, 2.75) is 12.5 Å². The van der Waals surface area contributed by atoms with E-state index in [2.05, 4.69) is 46.8 Å². The standard InChI is InChI=1S/C19H28N4O2/c1-20-19(21-12-11-17-6-5-13-25-17)22-14-18(23(2)3)15-7-9-16(24-4)10-8-15/h5-10,13,18H,11-12,14H2,1-4H3,(H2,20,21,22). The van der Waals surface area contributed by atoms with Gasteiger partial charge in [0.2, 0.25) is 0 Å². The number of aliphatic imine (C=N–C) groups is 1. The van der Waals surface area contributed by atoms with Crippen molar-refractivity contribution < 1.29 is 9.15 Å². The van der Waals surface area contributed by atoms with Crippen LogP contribution in [0.5, 0.6) is 5.75 Å². The van der Waals surface area contributed by atoms with E-state index < -0.39 is 0 Å². The third-order valence-corrected chi connectivity index (χ3v) is 4.05. The molecule has 0 radical (unpaired) electrons. The van der Waals surface area contributed by atoms with Crippen LogP contribution in [0.15, 0.2) is 52.1 Å². The summed E-state index contributed by atoms with van der Waals surface area (Å²) in [7, 11) is 7.60. The molecule has 0 amide bonds. The molecule has 136 valence electrons. The van der Waals surface area contributed by atoms with Crippen LogP contribution in [0.4, 0.5) is 0 Å². The molecule has 1 unspecified atom stereocenters. The lowest BCUT2D eigenvalue weighted by Gasteiger charge is -2.26. The minimum Gasteiger partial charge on any atom is -0.497 e. The first-order valence-electron chi connectivity index (χ1n) is 8.41. The minimum absolute atomic E-state index is 0.231. The number of rotatable bonds is 8. The average molecular weight is 344 g/mol. The number of methoxy groups -OCH3 is 1. The van der Waals surface area contributed by atoms with Crippen molar-refractivity contribution in [2.24, 2.45) is 4.99 Å². The Hall–Kier alpha value is -2.47. The van der Waals surface area contributed by atoms with Crippen LogP contribution in [-0.2, 0) is 6.42 Å². The molecule has 0 aliphatic heterocycles. The van der Waals surface area contributed by atoms with Crippen molar-refractivity contribution in [1.29, 1.82) is 0 Å². The van der Waals surface area contributed by atoms with E-state index in [4.69, 9.17) is 9.15 Å². The van der Waals surface area contributed by atoms with E-state index >= 15 is 0 Å². The lowest BCUT2D eigenvalue weighted by molar-refractivity contribution is 0.298. The Kier molecular flexibility index (Phi) is 7.35. The quantitative estimate of drug-likeness (QED) is 0.568. The van der Waals surface area contributed by atoms with Crippen molar-refractivity contribution in [2.75, 3.05) is 41.3 Å². The molecule has 6 nitrogen and oxygen atoms in total. The van der Waals surface area contributed by atoms with Gasteiger partial charge in [0.1, 0.15) is 11.5 Å². The van der Waals surface area contributed by atoms with Gasteiger partial charge in [-0.05, 0) is 43.9 Å². The lowest BCUT2D eigenvalue weighted by atomic mass is 10.1. The van der Waals surface area contributed by atoms with Crippen molar-refractivity contribution >= 4 is 5.96 Å². The molecule has 1 heterocycles. The maximum Gasteiger partial charge on any atom is 0.191 e. The van der Waals surface area contributed by atoms with Crippen LogP contribution in [0.2, 0.25) is 0 Å². The number of ether oxygens (including phenoxy) is 1.